The van der Waals surface area contributed by atoms with Crippen molar-refractivity contribution in [2.45, 2.75) is 106 Å². The second-order valence-corrected chi connectivity index (χ2v) is 22.3. The number of benzene rings is 4. The molecular formula is C59H88BBr3N8O4. The van der Waals surface area contributed by atoms with Gasteiger partial charge >= 0.3 is 7.12 Å². The minimum Gasteiger partial charge on any atom is -0.399 e. The SMILES string of the molecule is CC=O.CC=O.CN(C)CCc1cccc(Br)c1.CNCCc1cccc(Br)c1.Cc1nn(C)c(C)c1-c1cccc(CCN(C)C)c1.Cc1nn(C)c(C)c1B1OC(C)(C)C(C)(C)O1.NCCc1cccc(Br)c1. The fraction of sp³-hybridized carbons (Fsp3) is 0.458. The van der Waals surface area contributed by atoms with E-state index < -0.39 is 0 Å². The largest absolute Gasteiger partial charge is 0.498 e. The number of aromatic nitrogens is 4. The zero-order valence-corrected chi connectivity index (χ0v) is 52.9. The highest BCUT2D eigenvalue weighted by Crippen LogP contribution is 2.37. The predicted octanol–water partition coefficient (Wildman–Crippen LogP) is 11.3. The number of halogens is 3. The first-order valence-electron chi connectivity index (χ1n) is 25.4. The Hall–Kier alpha value is -4.10. The van der Waals surface area contributed by atoms with Gasteiger partial charge in [0.25, 0.3) is 0 Å². The van der Waals surface area contributed by atoms with Crippen LogP contribution in [0.3, 0.4) is 0 Å². The number of aldehydes is 2. The van der Waals surface area contributed by atoms with E-state index >= 15 is 0 Å². The van der Waals surface area contributed by atoms with Crippen LogP contribution in [0, 0.1) is 27.7 Å². The molecule has 2 aromatic heterocycles. The number of aryl methyl sites for hydroxylation is 4. The number of rotatable bonds is 13. The Morgan fingerprint density at radius 2 is 0.987 bits per heavy atom. The van der Waals surface area contributed by atoms with Gasteiger partial charge in [-0.2, -0.15) is 10.2 Å². The molecule has 16 heteroatoms. The topological polar surface area (TPSA) is 133 Å². The number of carbonyl (C=O) groups excluding carboxylic acids is 2. The van der Waals surface area contributed by atoms with Crippen molar-refractivity contribution in [1.29, 1.82) is 0 Å². The lowest BCUT2D eigenvalue weighted by molar-refractivity contribution is -0.106. The number of hydrogen-bond acceptors (Lipinski definition) is 10. The Balaban J connectivity index is 0.000000465. The van der Waals surface area contributed by atoms with Crippen molar-refractivity contribution in [3.05, 3.63) is 156 Å². The van der Waals surface area contributed by atoms with Crippen molar-refractivity contribution in [3.8, 4) is 11.1 Å². The van der Waals surface area contributed by atoms with Crippen LogP contribution in [0.1, 0.15) is 86.6 Å². The van der Waals surface area contributed by atoms with Crippen LogP contribution >= 0.6 is 47.8 Å². The quantitative estimate of drug-likeness (QED) is 0.0851. The van der Waals surface area contributed by atoms with Crippen LogP contribution < -0.4 is 16.5 Å². The number of carbonyl (C=O) groups is 2. The molecule has 7 rings (SSSR count). The Bertz CT molecular complexity index is 2560. The molecule has 412 valence electrons. The molecule has 1 fully saturated rings. The highest BCUT2D eigenvalue weighted by atomic mass is 79.9. The van der Waals surface area contributed by atoms with E-state index in [2.05, 4.69) is 222 Å². The molecule has 0 saturated carbocycles. The molecule has 3 N–H and O–H groups in total. The van der Waals surface area contributed by atoms with Crippen LogP contribution in [0.4, 0.5) is 0 Å². The van der Waals surface area contributed by atoms with Crippen molar-refractivity contribution < 1.29 is 18.9 Å². The molecule has 0 amide bonds. The first-order valence-corrected chi connectivity index (χ1v) is 27.8. The molecule has 0 atom stereocenters. The highest BCUT2D eigenvalue weighted by molar-refractivity contribution is 9.11. The van der Waals surface area contributed by atoms with Gasteiger partial charge in [0.05, 0.1) is 22.6 Å². The third-order valence-electron chi connectivity index (χ3n) is 12.2. The smallest absolute Gasteiger partial charge is 0.399 e. The number of nitrogens with two attached hydrogens (primary N) is 1. The van der Waals surface area contributed by atoms with E-state index in [-0.39, 0.29) is 18.3 Å². The number of nitrogens with zero attached hydrogens (tertiary/aromatic N) is 6. The van der Waals surface area contributed by atoms with E-state index in [4.69, 9.17) is 24.6 Å². The Morgan fingerprint density at radius 1 is 0.613 bits per heavy atom. The van der Waals surface area contributed by atoms with Gasteiger partial charge in [-0.05, 0) is 207 Å². The van der Waals surface area contributed by atoms with Gasteiger partial charge in [0.2, 0.25) is 0 Å². The van der Waals surface area contributed by atoms with Crippen molar-refractivity contribution in [3.63, 3.8) is 0 Å². The van der Waals surface area contributed by atoms with E-state index in [9.17, 15) is 0 Å². The normalized spacial score (nSPS) is 12.7. The summed E-state index contributed by atoms with van der Waals surface area (Å²) >= 11 is 10.3. The van der Waals surface area contributed by atoms with E-state index in [0.717, 1.165) is 95.9 Å². The third kappa shape index (κ3) is 25.7. The Labute approximate surface area is 477 Å². The van der Waals surface area contributed by atoms with Crippen LogP contribution in [0.5, 0.6) is 0 Å². The van der Waals surface area contributed by atoms with Gasteiger partial charge in [0.1, 0.15) is 12.6 Å². The second-order valence-electron chi connectivity index (χ2n) is 19.5. The molecule has 0 unspecified atom stereocenters. The highest BCUT2D eigenvalue weighted by Gasteiger charge is 2.53. The van der Waals surface area contributed by atoms with E-state index in [0.29, 0.717) is 0 Å². The van der Waals surface area contributed by atoms with Crippen LogP contribution in [0.2, 0.25) is 0 Å². The van der Waals surface area contributed by atoms with Gasteiger partial charge in [-0.1, -0.05) is 108 Å². The molecule has 1 aliphatic rings. The van der Waals surface area contributed by atoms with Gasteiger partial charge < -0.3 is 39.7 Å². The monoisotopic (exact) mass is 1220 g/mol. The predicted molar refractivity (Wildman–Crippen MR) is 327 cm³/mol. The molecule has 6 aromatic rings. The maximum absolute atomic E-state index is 8.81. The van der Waals surface area contributed by atoms with Gasteiger partial charge in [0.15, 0.2) is 0 Å². The van der Waals surface area contributed by atoms with Crippen LogP contribution in [-0.4, -0.2) is 122 Å². The maximum atomic E-state index is 8.81. The zero-order valence-electron chi connectivity index (χ0n) is 48.2. The summed E-state index contributed by atoms with van der Waals surface area (Å²) in [4.78, 5) is 22.0. The number of likely N-dealkylation sites (N-methyl/N-ethyl adjacent to an activating group) is 3. The molecule has 1 saturated heterocycles. The lowest BCUT2D eigenvalue weighted by Crippen LogP contribution is -2.41. The summed E-state index contributed by atoms with van der Waals surface area (Å²) in [7, 11) is 14.0. The van der Waals surface area contributed by atoms with Gasteiger partial charge in [0, 0.05) is 63.0 Å². The second kappa shape index (κ2) is 36.1. The Kier molecular flexibility index (Phi) is 33.2. The van der Waals surface area contributed by atoms with Crippen LogP contribution in [0.15, 0.2) is 110 Å². The van der Waals surface area contributed by atoms with E-state index in [1.165, 1.54) is 57.4 Å². The molecule has 75 heavy (non-hydrogen) atoms. The van der Waals surface area contributed by atoms with Crippen molar-refractivity contribution in [2.24, 2.45) is 19.8 Å². The average molecular weight is 1220 g/mol. The Morgan fingerprint density at radius 3 is 1.33 bits per heavy atom. The summed E-state index contributed by atoms with van der Waals surface area (Å²) in [5.74, 6) is 0. The summed E-state index contributed by atoms with van der Waals surface area (Å²) < 4.78 is 19.4. The minimum absolute atomic E-state index is 0.299. The van der Waals surface area contributed by atoms with Crippen molar-refractivity contribution in [2.75, 3.05) is 61.4 Å². The zero-order chi connectivity index (χ0) is 56.9. The molecule has 0 bridgehead atoms. The molecular weight excluding hydrogens is 1140 g/mol. The van der Waals surface area contributed by atoms with Gasteiger partial charge in [-0.3, -0.25) is 9.36 Å². The average Bonchev–Trinajstić information content (AvgIpc) is 3.84. The van der Waals surface area contributed by atoms with E-state index in [1.807, 2.05) is 62.6 Å². The number of nitrogens with one attached hydrogen (secondary N) is 1. The summed E-state index contributed by atoms with van der Waals surface area (Å²) in [5.41, 5.74) is 18.2. The molecule has 0 spiro atoms. The first kappa shape index (κ1) is 68.9. The molecule has 4 aromatic carbocycles. The molecule has 0 radical (unpaired) electrons. The third-order valence-corrected chi connectivity index (χ3v) is 13.7. The molecule has 3 heterocycles. The van der Waals surface area contributed by atoms with Crippen LogP contribution in [0.25, 0.3) is 11.1 Å². The first-order chi connectivity index (χ1) is 35.3. The summed E-state index contributed by atoms with van der Waals surface area (Å²) in [5, 5.41) is 12.0. The fourth-order valence-electron chi connectivity index (χ4n) is 7.38. The van der Waals surface area contributed by atoms with Gasteiger partial charge in [-0.15, -0.1) is 0 Å². The fourth-order valence-corrected chi connectivity index (χ4v) is 8.72. The van der Waals surface area contributed by atoms with Crippen molar-refractivity contribution in [1.82, 2.24) is 34.7 Å². The maximum Gasteiger partial charge on any atom is 0.498 e. The standard InChI is InChI=1S/C16H23N3.C12H21BN2O2.C10H14BrN.C9H12BrN.C8H10BrN.2C2H4O/c1-12-16(13(2)19(5)17-12)15-8-6-7-14(11-15)9-10-18(3)4;1-8-10(9(2)15(7)14-8)13-16-11(3,4)12(5,6)17-13;1-12(2)7-6-9-4-3-5-10(11)8-9;1-11-6-5-8-3-2-4-9(10)7-8;9-8-3-1-2-7(6-8)4-5-10;2*1-2-3/h6-8,11H,9-10H2,1-5H3;1-7H3;3-5,8H,6-7H2,1-2H3;2-4,7,11H,5-6H2,1H3;1-3,6H,4-5,10H2;2*2H,1H3. The van der Waals surface area contributed by atoms with Crippen LogP contribution in [-0.2, 0) is 58.7 Å². The summed E-state index contributed by atoms with van der Waals surface area (Å²) in [6.45, 7) is 23.3. The van der Waals surface area contributed by atoms with Gasteiger partial charge in [-0.25, -0.2) is 0 Å². The van der Waals surface area contributed by atoms with Crippen molar-refractivity contribution >= 4 is 72.9 Å². The molecule has 12 nitrogen and oxygen atoms in total. The summed E-state index contributed by atoms with van der Waals surface area (Å²) in [6.07, 6.45) is 5.75. The number of hydrogen-bond donors (Lipinski definition) is 2. The minimum atomic E-state index is -0.311. The molecule has 1 aliphatic heterocycles. The molecule has 0 aliphatic carbocycles. The van der Waals surface area contributed by atoms with E-state index in [1.54, 1.807) is 0 Å². The summed E-state index contributed by atoms with van der Waals surface area (Å²) in [6, 6.07) is 33.9. The lowest BCUT2D eigenvalue weighted by atomic mass is 9.77. The lowest BCUT2D eigenvalue weighted by Gasteiger charge is -2.32.